The first kappa shape index (κ1) is 16.8. The number of nitrogens with zero attached hydrogens (tertiary/aromatic N) is 1. The summed E-state index contributed by atoms with van der Waals surface area (Å²) < 4.78 is 5.86. The topological polar surface area (TPSA) is 97.4 Å². The first-order chi connectivity index (χ1) is 11.9. The molecule has 2 heterocycles. The zero-order valence-electron chi connectivity index (χ0n) is 13.5. The number of allylic oxidation sites excluding steroid dienone is 1. The minimum atomic E-state index is -0.501. The third-order valence-electron chi connectivity index (χ3n) is 3.90. The zero-order valence-corrected chi connectivity index (χ0v) is 14.3. The molecule has 8 heteroatoms. The molecule has 3 rings (SSSR count). The highest BCUT2D eigenvalue weighted by Gasteiger charge is 2.30. The Kier molecular flexibility index (Phi) is 4.37. The molecule has 2 aromatic rings. The summed E-state index contributed by atoms with van der Waals surface area (Å²) in [5.74, 6) is 0.888. The predicted octanol–water partition coefficient (Wildman–Crippen LogP) is 3.24. The van der Waals surface area contributed by atoms with E-state index in [0.29, 0.717) is 33.5 Å². The molecule has 0 bridgehead atoms. The lowest BCUT2D eigenvalue weighted by molar-refractivity contribution is -0.384. The van der Waals surface area contributed by atoms with E-state index < -0.39 is 11.0 Å². The summed E-state index contributed by atoms with van der Waals surface area (Å²) in [6.07, 6.45) is 0. The first-order valence-electron chi connectivity index (χ1n) is 7.50. The van der Waals surface area contributed by atoms with Crippen molar-refractivity contribution in [3.8, 4) is 11.3 Å². The van der Waals surface area contributed by atoms with Gasteiger partial charge in [0.1, 0.15) is 17.6 Å². The highest BCUT2D eigenvalue weighted by atomic mass is 32.1. The smallest absolute Gasteiger partial charge is 0.270 e. The highest BCUT2D eigenvalue weighted by molar-refractivity contribution is 7.80. The molecule has 0 fully saturated rings. The second-order valence-electron chi connectivity index (χ2n) is 5.64. The van der Waals surface area contributed by atoms with Gasteiger partial charge in [0.2, 0.25) is 0 Å². The minimum Gasteiger partial charge on any atom is -0.459 e. The number of furan rings is 1. The average Bonchev–Trinajstić information content (AvgIpc) is 3.03. The molecular weight excluding hydrogens is 342 g/mol. The summed E-state index contributed by atoms with van der Waals surface area (Å²) in [6, 6.07) is 9.13. The largest absolute Gasteiger partial charge is 0.459 e. The fourth-order valence-electron chi connectivity index (χ4n) is 2.81. The molecular formula is C17H15N3O4S. The van der Waals surface area contributed by atoms with Gasteiger partial charge < -0.3 is 15.1 Å². The second kappa shape index (κ2) is 6.48. The van der Waals surface area contributed by atoms with Crippen LogP contribution in [0.4, 0.5) is 5.69 Å². The van der Waals surface area contributed by atoms with Gasteiger partial charge in [0, 0.05) is 29.0 Å². The second-order valence-corrected chi connectivity index (χ2v) is 6.04. The third-order valence-corrected chi connectivity index (χ3v) is 4.12. The van der Waals surface area contributed by atoms with Crippen molar-refractivity contribution in [1.82, 2.24) is 10.6 Å². The SMILES string of the molecule is CC(=O)C1=C(C)NC(=S)N[C@H]1c1ccc(-c2cccc([N+](=O)[O-])c2)o1. The summed E-state index contributed by atoms with van der Waals surface area (Å²) in [6.45, 7) is 3.26. The highest BCUT2D eigenvalue weighted by Crippen LogP contribution is 2.32. The van der Waals surface area contributed by atoms with E-state index in [1.165, 1.54) is 19.1 Å². The molecule has 0 spiro atoms. The molecule has 0 amide bonds. The van der Waals surface area contributed by atoms with Gasteiger partial charge in [-0.05, 0) is 38.2 Å². The van der Waals surface area contributed by atoms with Gasteiger partial charge in [-0.1, -0.05) is 12.1 Å². The van der Waals surface area contributed by atoms with Crippen LogP contribution in [-0.2, 0) is 4.79 Å². The van der Waals surface area contributed by atoms with Crippen molar-refractivity contribution >= 4 is 28.8 Å². The average molecular weight is 357 g/mol. The Balaban J connectivity index is 1.99. The number of non-ortho nitro benzene ring substituents is 1. The Morgan fingerprint density at radius 2 is 2.08 bits per heavy atom. The molecule has 0 saturated heterocycles. The number of benzene rings is 1. The summed E-state index contributed by atoms with van der Waals surface area (Å²) >= 11 is 5.16. The monoisotopic (exact) mass is 357 g/mol. The molecule has 1 aromatic heterocycles. The number of rotatable bonds is 4. The van der Waals surface area contributed by atoms with Crippen molar-refractivity contribution in [3.05, 3.63) is 63.5 Å². The predicted molar refractivity (Wildman–Crippen MR) is 95.8 cm³/mol. The van der Waals surface area contributed by atoms with Gasteiger partial charge in [-0.3, -0.25) is 14.9 Å². The van der Waals surface area contributed by atoms with Gasteiger partial charge in [-0.15, -0.1) is 0 Å². The van der Waals surface area contributed by atoms with E-state index in [9.17, 15) is 14.9 Å². The molecule has 128 valence electrons. The lowest BCUT2D eigenvalue weighted by atomic mass is 9.98. The lowest BCUT2D eigenvalue weighted by Gasteiger charge is -2.28. The van der Waals surface area contributed by atoms with Gasteiger partial charge in [0.05, 0.1) is 4.92 Å². The third kappa shape index (κ3) is 3.29. The molecule has 2 N–H and O–H groups in total. The van der Waals surface area contributed by atoms with Crippen molar-refractivity contribution in [2.75, 3.05) is 0 Å². The Bertz CT molecular complexity index is 916. The number of nitro groups is 1. The van der Waals surface area contributed by atoms with Crippen LogP contribution in [0, 0.1) is 10.1 Å². The molecule has 1 aromatic carbocycles. The van der Waals surface area contributed by atoms with Crippen molar-refractivity contribution in [3.63, 3.8) is 0 Å². The van der Waals surface area contributed by atoms with Crippen LogP contribution >= 0.6 is 12.2 Å². The van der Waals surface area contributed by atoms with Gasteiger partial charge in [-0.25, -0.2) is 0 Å². The quantitative estimate of drug-likeness (QED) is 0.492. The molecule has 1 aliphatic heterocycles. The maximum Gasteiger partial charge on any atom is 0.270 e. The van der Waals surface area contributed by atoms with Gasteiger partial charge in [-0.2, -0.15) is 0 Å². The zero-order chi connectivity index (χ0) is 18.1. The van der Waals surface area contributed by atoms with Crippen molar-refractivity contribution in [2.45, 2.75) is 19.9 Å². The maximum atomic E-state index is 12.0. The van der Waals surface area contributed by atoms with Gasteiger partial charge in [0.15, 0.2) is 10.9 Å². The normalized spacial score (nSPS) is 17.0. The lowest BCUT2D eigenvalue weighted by Crippen LogP contribution is -2.44. The van der Waals surface area contributed by atoms with Crippen LogP contribution in [0.2, 0.25) is 0 Å². The minimum absolute atomic E-state index is 0.0169. The van der Waals surface area contributed by atoms with E-state index in [-0.39, 0.29) is 11.5 Å². The van der Waals surface area contributed by atoms with Crippen LogP contribution < -0.4 is 10.6 Å². The van der Waals surface area contributed by atoms with Crippen LogP contribution in [0.15, 0.2) is 52.1 Å². The Hall–Kier alpha value is -3.00. The maximum absolute atomic E-state index is 12.0. The fraction of sp³-hybridized carbons (Fsp3) is 0.176. The summed E-state index contributed by atoms with van der Waals surface area (Å²) in [5, 5.41) is 17.3. The number of Topliss-reactive ketones (excluding diaryl/α,β-unsaturated/α-hetero) is 1. The number of nitro benzene ring substituents is 1. The number of carbonyl (C=O) groups excluding carboxylic acids is 1. The Labute approximate surface area is 148 Å². The number of thiocarbonyl (C=S) groups is 1. The number of nitrogens with one attached hydrogen (secondary N) is 2. The van der Waals surface area contributed by atoms with Crippen LogP contribution in [-0.4, -0.2) is 15.8 Å². The molecule has 25 heavy (non-hydrogen) atoms. The van der Waals surface area contributed by atoms with Crippen LogP contribution in [0.25, 0.3) is 11.3 Å². The van der Waals surface area contributed by atoms with E-state index >= 15 is 0 Å². The van der Waals surface area contributed by atoms with E-state index in [2.05, 4.69) is 10.6 Å². The van der Waals surface area contributed by atoms with Gasteiger partial charge >= 0.3 is 0 Å². The van der Waals surface area contributed by atoms with Crippen LogP contribution in [0.5, 0.6) is 0 Å². The molecule has 0 unspecified atom stereocenters. The Morgan fingerprint density at radius 1 is 1.32 bits per heavy atom. The van der Waals surface area contributed by atoms with E-state index in [1.807, 2.05) is 0 Å². The molecule has 1 atom stereocenters. The van der Waals surface area contributed by atoms with E-state index in [4.69, 9.17) is 16.6 Å². The molecule has 1 aliphatic rings. The number of hydrogen-bond donors (Lipinski definition) is 2. The molecule has 0 saturated carbocycles. The van der Waals surface area contributed by atoms with Crippen LogP contribution in [0.1, 0.15) is 25.6 Å². The molecule has 7 nitrogen and oxygen atoms in total. The Morgan fingerprint density at radius 3 is 2.76 bits per heavy atom. The van der Waals surface area contributed by atoms with E-state index in [1.54, 1.807) is 31.2 Å². The standard InChI is InChI=1S/C17H15N3O4S/c1-9-15(10(2)21)16(19-17(25)18-9)14-7-6-13(24-14)11-4-3-5-12(8-11)20(22)23/h3-8,16H,1-2H3,(H2,18,19,25)/t16-/m0/s1. The van der Waals surface area contributed by atoms with Crippen molar-refractivity contribution in [2.24, 2.45) is 0 Å². The molecule has 0 radical (unpaired) electrons. The fourth-order valence-corrected chi connectivity index (χ4v) is 3.08. The number of hydrogen-bond acceptors (Lipinski definition) is 5. The summed E-state index contributed by atoms with van der Waals surface area (Å²) in [4.78, 5) is 22.5. The first-order valence-corrected chi connectivity index (χ1v) is 7.91. The van der Waals surface area contributed by atoms with Crippen molar-refractivity contribution < 1.29 is 14.1 Å². The van der Waals surface area contributed by atoms with Crippen molar-refractivity contribution in [1.29, 1.82) is 0 Å². The number of carbonyl (C=O) groups is 1. The summed E-state index contributed by atoms with van der Waals surface area (Å²) in [5.41, 5.74) is 1.78. The van der Waals surface area contributed by atoms with Gasteiger partial charge in [0.25, 0.3) is 5.69 Å². The van der Waals surface area contributed by atoms with Crippen LogP contribution in [0.3, 0.4) is 0 Å². The summed E-state index contributed by atoms with van der Waals surface area (Å²) in [7, 11) is 0. The van der Waals surface area contributed by atoms with E-state index in [0.717, 1.165) is 0 Å². The molecule has 0 aliphatic carbocycles. The number of ketones is 1.